The van der Waals surface area contributed by atoms with Crippen LogP contribution in [0.5, 0.6) is 0 Å². The molecule has 0 aromatic heterocycles. The average molecular weight is 162 g/mol. The normalized spacial score (nSPS) is 12.9. The molecule has 62 valence electrons. The van der Waals surface area contributed by atoms with Gasteiger partial charge in [0.1, 0.15) is 7.41 Å². The number of carboxylic acid groups (broad SMARTS) is 2. The fraction of sp³-hybridized carbons (Fsp3) is 0.400. The van der Waals surface area contributed by atoms with Crippen LogP contribution in [0.4, 0.5) is 0 Å². The Hall–Kier alpha value is -1.59. The van der Waals surface area contributed by atoms with Gasteiger partial charge in [0.25, 0.3) is 0 Å². The predicted molar refractivity (Wildman–Crippen MR) is 32.9 cm³/mol. The van der Waals surface area contributed by atoms with Crippen molar-refractivity contribution in [2.75, 3.05) is 0 Å². The molecule has 3 N–H and O–H groups in total. The summed E-state index contributed by atoms with van der Waals surface area (Å²) < 4.78 is 6.34. The lowest BCUT2D eigenvalue weighted by atomic mass is 10.2. The Morgan fingerprint density at radius 3 is 2.45 bits per heavy atom. The second kappa shape index (κ2) is 4.26. The van der Waals surface area contributed by atoms with Crippen molar-refractivity contribution in [3.63, 3.8) is 0 Å². The first-order chi connectivity index (χ1) is 5.43. The number of hydrogen-bond acceptors (Lipinski definition) is 3. The molecule has 0 aliphatic carbocycles. The number of hydrogen-bond donors (Lipinski definition) is 3. The maximum absolute atomic E-state index is 10.2. The van der Waals surface area contributed by atoms with Gasteiger partial charge in [-0.3, -0.25) is 9.59 Å². The van der Waals surface area contributed by atoms with Gasteiger partial charge in [0.15, 0.2) is 0 Å². The number of aliphatic carboxylic acids is 2. The maximum Gasteiger partial charge on any atom is 0.326 e. The zero-order valence-electron chi connectivity index (χ0n) is 6.40. The first kappa shape index (κ1) is 7.52. The van der Waals surface area contributed by atoms with Gasteiger partial charge < -0.3 is 15.5 Å². The lowest BCUT2D eigenvalue weighted by molar-refractivity contribution is -0.146. The van der Waals surface area contributed by atoms with Crippen molar-refractivity contribution in [3.05, 3.63) is 0 Å². The van der Waals surface area contributed by atoms with Crippen LogP contribution in [0.15, 0.2) is 0 Å². The van der Waals surface area contributed by atoms with Gasteiger partial charge in [-0.05, 0) is 0 Å². The summed E-state index contributed by atoms with van der Waals surface area (Å²) in [4.78, 5) is 30.3. The summed E-state index contributed by atoms with van der Waals surface area (Å²) in [5.41, 5.74) is 0. The standard InChI is InChI=1S/C5H7NO5/c7-2-6-3(5(10)11)1-4(8)9/h2-3H,1H2,(H,6,7)(H,8,9)(H,10,11)/t3-/m0/s1/i2D. The number of carboxylic acids is 2. The molecule has 0 aliphatic heterocycles. The molecule has 11 heavy (non-hydrogen) atoms. The molecule has 0 rings (SSSR count). The van der Waals surface area contributed by atoms with E-state index in [1.807, 2.05) is 0 Å². The molecule has 6 heteroatoms. The number of carbonyl (C=O) groups is 3. The molecule has 0 bridgehead atoms. The van der Waals surface area contributed by atoms with Crippen LogP contribution >= 0.6 is 0 Å². The van der Waals surface area contributed by atoms with Gasteiger partial charge in [-0.1, -0.05) is 0 Å². The van der Waals surface area contributed by atoms with Gasteiger partial charge in [-0.15, -0.1) is 0 Å². The van der Waals surface area contributed by atoms with E-state index >= 15 is 0 Å². The van der Waals surface area contributed by atoms with Crippen LogP contribution in [0.1, 0.15) is 7.79 Å². The predicted octanol–water partition coefficient (Wildman–Crippen LogP) is -1.34. The zero-order chi connectivity index (χ0) is 9.72. The van der Waals surface area contributed by atoms with Crippen LogP contribution < -0.4 is 5.32 Å². The lowest BCUT2D eigenvalue weighted by Crippen LogP contribution is -2.37. The molecule has 0 aromatic carbocycles. The van der Waals surface area contributed by atoms with Crippen LogP contribution in [0.2, 0.25) is 0 Å². The highest BCUT2D eigenvalue weighted by Gasteiger charge is 2.19. The molecule has 0 fully saturated rings. The Morgan fingerprint density at radius 1 is 1.64 bits per heavy atom. The SMILES string of the molecule is [2H]C(=O)N[C@@H](CC(=O)O)C(=O)O. The van der Waals surface area contributed by atoms with E-state index in [1.165, 1.54) is 0 Å². The highest BCUT2D eigenvalue weighted by Crippen LogP contribution is 1.90. The third-order valence-corrected chi connectivity index (χ3v) is 0.910. The first-order valence-corrected chi connectivity index (χ1v) is 2.65. The molecule has 0 aliphatic rings. The van der Waals surface area contributed by atoms with Crippen LogP contribution in [0, 0.1) is 0 Å². The minimum Gasteiger partial charge on any atom is -0.481 e. The van der Waals surface area contributed by atoms with E-state index < -0.39 is 30.8 Å². The summed E-state index contributed by atoms with van der Waals surface area (Å²) in [7, 11) is 0. The Balaban J connectivity index is 4.14. The molecule has 0 heterocycles. The second-order valence-electron chi connectivity index (χ2n) is 1.74. The Bertz CT molecular complexity index is 200. The van der Waals surface area contributed by atoms with Gasteiger partial charge in [-0.2, -0.15) is 0 Å². The van der Waals surface area contributed by atoms with Crippen molar-refractivity contribution in [2.45, 2.75) is 12.5 Å². The van der Waals surface area contributed by atoms with Gasteiger partial charge in [0.05, 0.1) is 6.42 Å². The third kappa shape index (κ3) is 3.90. The summed E-state index contributed by atoms with van der Waals surface area (Å²) in [5.74, 6) is -2.82. The molecule has 0 saturated carbocycles. The molecule has 0 spiro atoms. The van der Waals surface area contributed by atoms with Crippen LogP contribution in [-0.4, -0.2) is 34.6 Å². The zero-order valence-corrected chi connectivity index (χ0v) is 5.40. The topological polar surface area (TPSA) is 104 Å². The molecule has 1 amide bonds. The summed E-state index contributed by atoms with van der Waals surface area (Å²) in [6.07, 6.45) is -2.05. The van der Waals surface area contributed by atoms with E-state index in [9.17, 15) is 14.4 Å². The highest BCUT2D eigenvalue weighted by molar-refractivity contribution is 5.82. The fourth-order valence-electron chi connectivity index (χ4n) is 0.446. The first-order valence-electron chi connectivity index (χ1n) is 3.15. The molecule has 0 radical (unpaired) electrons. The molecular formula is C5H7NO5. The molecule has 0 unspecified atom stereocenters. The van der Waals surface area contributed by atoms with E-state index in [4.69, 9.17) is 11.6 Å². The van der Waals surface area contributed by atoms with Crippen molar-refractivity contribution < 1.29 is 26.0 Å². The van der Waals surface area contributed by atoms with Crippen LogP contribution in [-0.2, 0) is 14.4 Å². The monoisotopic (exact) mass is 162 g/mol. The largest absolute Gasteiger partial charge is 0.481 e. The minimum atomic E-state index is -1.53. The number of amides is 1. The van der Waals surface area contributed by atoms with Gasteiger partial charge in [-0.25, -0.2) is 4.79 Å². The number of nitrogens with one attached hydrogen (secondary N) is 1. The quantitative estimate of drug-likeness (QED) is 0.444. The number of carbonyl (C=O) groups excluding carboxylic acids is 1. The Labute approximate surface area is 63.2 Å². The van der Waals surface area contributed by atoms with E-state index in [2.05, 4.69) is 0 Å². The van der Waals surface area contributed by atoms with E-state index in [0.717, 1.165) is 0 Å². The minimum absolute atomic E-state index is 0.736. The van der Waals surface area contributed by atoms with Gasteiger partial charge in [0, 0.05) is 0 Å². The van der Waals surface area contributed by atoms with Crippen molar-refractivity contribution in [3.8, 4) is 0 Å². The number of rotatable bonds is 4. The third-order valence-electron chi connectivity index (χ3n) is 0.910. The highest BCUT2D eigenvalue weighted by atomic mass is 16.4. The van der Waals surface area contributed by atoms with Crippen LogP contribution in [0.25, 0.3) is 0 Å². The van der Waals surface area contributed by atoms with Crippen molar-refractivity contribution in [1.29, 1.82) is 0 Å². The van der Waals surface area contributed by atoms with Crippen molar-refractivity contribution in [2.24, 2.45) is 0 Å². The summed E-state index contributed by atoms with van der Waals surface area (Å²) in [6.45, 7) is 0. The van der Waals surface area contributed by atoms with E-state index in [1.54, 1.807) is 5.32 Å². The maximum atomic E-state index is 10.2. The summed E-state index contributed by atoms with van der Waals surface area (Å²) in [6, 6.07) is -1.53. The van der Waals surface area contributed by atoms with E-state index in [0.29, 0.717) is 0 Å². The van der Waals surface area contributed by atoms with Crippen LogP contribution in [0.3, 0.4) is 0 Å². The lowest BCUT2D eigenvalue weighted by Gasteiger charge is -2.06. The van der Waals surface area contributed by atoms with Crippen molar-refractivity contribution in [1.82, 2.24) is 5.32 Å². The Morgan fingerprint density at radius 2 is 2.18 bits per heavy atom. The molecule has 1 atom stereocenters. The summed E-state index contributed by atoms with van der Waals surface area (Å²) in [5, 5.41) is 18.1. The molecular weight excluding hydrogens is 154 g/mol. The summed E-state index contributed by atoms with van der Waals surface area (Å²) >= 11 is 0. The Kier molecular flexibility index (Phi) is 2.91. The molecule has 0 saturated heterocycles. The van der Waals surface area contributed by atoms with Gasteiger partial charge >= 0.3 is 11.9 Å². The second-order valence-corrected chi connectivity index (χ2v) is 1.74. The smallest absolute Gasteiger partial charge is 0.326 e. The molecule has 6 nitrogen and oxygen atoms in total. The average Bonchev–Trinajstić information content (AvgIpc) is 1.83. The van der Waals surface area contributed by atoms with Crippen molar-refractivity contribution >= 4 is 18.3 Å². The molecule has 0 aromatic rings. The fourth-order valence-corrected chi connectivity index (χ4v) is 0.446. The van der Waals surface area contributed by atoms with E-state index in [-0.39, 0.29) is 0 Å². The van der Waals surface area contributed by atoms with Gasteiger partial charge in [0.2, 0.25) is 6.39 Å².